The molecule has 1 unspecified atom stereocenters. The van der Waals surface area contributed by atoms with E-state index in [0.29, 0.717) is 45.0 Å². The largest absolute Gasteiger partial charge is 0.490 e. The number of likely N-dealkylation sites (tertiary alicyclic amines) is 1. The molecule has 0 radical (unpaired) electrons. The first-order valence-corrected chi connectivity index (χ1v) is 21.2. The first-order valence-electron chi connectivity index (χ1n) is 20.8. The maximum absolute atomic E-state index is 13.7. The SMILES string of the molecule is N#Cc1ccc(O[C@H]2C[C@H]3CC[C@@H](C2)N3C(=O)c2ccc(C#CC3CCN(C4CCN(c5ccc6c(c5)C(=O)N(C5CCC(=O)NC5=O)C6=O)CC4)CC3)cc2)cc1Cl. The lowest BCUT2D eigenvalue weighted by Gasteiger charge is -2.42. The van der Waals surface area contributed by atoms with Crippen LogP contribution >= 0.6 is 11.6 Å². The third kappa shape index (κ3) is 7.68. The number of hydrogen-bond acceptors (Lipinski definition) is 9. The molecule has 5 amide bonds. The second-order valence-electron chi connectivity index (χ2n) is 16.6. The lowest BCUT2D eigenvalue weighted by molar-refractivity contribution is -0.136. The molecular weight excluding hydrogens is 768 g/mol. The zero-order valence-electron chi connectivity index (χ0n) is 32.7. The Balaban J connectivity index is 0.734. The fraction of sp³-hybridized carbons (Fsp3) is 0.435. The van der Waals surface area contributed by atoms with E-state index in [1.165, 1.54) is 0 Å². The van der Waals surface area contributed by atoms with E-state index >= 15 is 0 Å². The van der Waals surface area contributed by atoms with Crippen molar-refractivity contribution in [3.05, 3.63) is 93.5 Å². The van der Waals surface area contributed by atoms with E-state index in [4.69, 9.17) is 21.6 Å². The van der Waals surface area contributed by atoms with Crippen LogP contribution in [0.15, 0.2) is 60.7 Å². The van der Waals surface area contributed by atoms with Crippen molar-refractivity contribution in [3.63, 3.8) is 0 Å². The predicted molar refractivity (Wildman–Crippen MR) is 219 cm³/mol. The van der Waals surface area contributed by atoms with Crippen molar-refractivity contribution in [3.8, 4) is 23.7 Å². The standard InChI is InChI=1S/C46H45ClN6O6/c47-40-26-36(11-7-31(40)27-48)59-37-23-34-8-9-35(24-37)52(34)44(56)30-5-3-28(4-6-30)1-2-29-15-19-50(20-16-29)32-17-21-51(22-18-32)33-10-12-38-39(25-33)46(58)53(45(38)57)41-13-14-42(54)49-43(41)55/h3-7,10-12,25-26,29,32,34-35,37,41H,8-9,13-24H2,(H,49,54,55)/t34-,35+,37+,41?. The smallest absolute Gasteiger partial charge is 0.262 e. The highest BCUT2D eigenvalue weighted by atomic mass is 35.5. The molecule has 9 rings (SSSR count). The van der Waals surface area contributed by atoms with Crippen molar-refractivity contribution in [2.75, 3.05) is 31.1 Å². The van der Waals surface area contributed by atoms with Gasteiger partial charge in [-0.15, -0.1) is 0 Å². The number of fused-ring (bicyclic) bond motifs is 3. The van der Waals surface area contributed by atoms with Crippen LogP contribution in [0.1, 0.15) is 106 Å². The van der Waals surface area contributed by atoms with E-state index in [1.807, 2.05) is 30.3 Å². The number of rotatable bonds is 6. The van der Waals surface area contributed by atoms with Crippen molar-refractivity contribution in [2.24, 2.45) is 5.92 Å². The van der Waals surface area contributed by atoms with Crippen LogP contribution in [-0.2, 0) is 9.59 Å². The summed E-state index contributed by atoms with van der Waals surface area (Å²) in [7, 11) is 0. The minimum absolute atomic E-state index is 0.00714. The molecule has 59 heavy (non-hydrogen) atoms. The van der Waals surface area contributed by atoms with Crippen LogP contribution in [-0.4, -0.2) is 101 Å². The molecule has 12 nitrogen and oxygen atoms in total. The van der Waals surface area contributed by atoms with Crippen LogP contribution in [0.3, 0.4) is 0 Å². The summed E-state index contributed by atoms with van der Waals surface area (Å²) in [4.78, 5) is 72.2. The van der Waals surface area contributed by atoms with Gasteiger partial charge in [-0.25, -0.2) is 0 Å². The zero-order chi connectivity index (χ0) is 40.8. The van der Waals surface area contributed by atoms with Gasteiger partial charge in [-0.2, -0.15) is 5.26 Å². The van der Waals surface area contributed by atoms with E-state index in [2.05, 4.69) is 37.9 Å². The summed E-state index contributed by atoms with van der Waals surface area (Å²) in [6.07, 6.45) is 7.68. The third-order valence-corrected chi connectivity index (χ3v) is 13.5. The van der Waals surface area contributed by atoms with Crippen molar-refractivity contribution in [2.45, 2.75) is 94.5 Å². The Morgan fingerprint density at radius 1 is 0.780 bits per heavy atom. The highest BCUT2D eigenvalue weighted by molar-refractivity contribution is 6.31. The molecule has 0 aromatic heterocycles. The average molecular weight is 813 g/mol. The fourth-order valence-corrected chi connectivity index (χ4v) is 10.2. The highest BCUT2D eigenvalue weighted by Crippen LogP contribution is 2.39. The number of imide groups is 2. The Morgan fingerprint density at radius 3 is 2.17 bits per heavy atom. The van der Waals surface area contributed by atoms with Gasteiger partial charge in [0.2, 0.25) is 11.8 Å². The molecule has 5 saturated heterocycles. The minimum atomic E-state index is -0.972. The molecule has 0 saturated carbocycles. The number of carbonyl (C=O) groups is 5. The van der Waals surface area contributed by atoms with E-state index in [0.717, 1.165) is 93.7 Å². The molecule has 3 aromatic rings. The number of hydrogen-bond donors (Lipinski definition) is 1. The number of halogens is 1. The van der Waals surface area contributed by atoms with Gasteiger partial charge in [-0.3, -0.25) is 34.2 Å². The van der Waals surface area contributed by atoms with Crippen molar-refractivity contribution in [1.82, 2.24) is 20.0 Å². The summed E-state index contributed by atoms with van der Waals surface area (Å²) in [5.74, 6) is 5.94. The number of benzene rings is 3. The fourth-order valence-electron chi connectivity index (χ4n) is 9.99. The van der Waals surface area contributed by atoms with Crippen molar-refractivity contribution in [1.29, 1.82) is 5.26 Å². The van der Waals surface area contributed by atoms with Gasteiger partial charge in [-0.1, -0.05) is 23.4 Å². The molecule has 6 aliphatic rings. The second kappa shape index (κ2) is 16.2. The maximum Gasteiger partial charge on any atom is 0.262 e. The highest BCUT2D eigenvalue weighted by Gasteiger charge is 2.46. The summed E-state index contributed by atoms with van der Waals surface area (Å²) in [6, 6.07) is 20.0. The van der Waals surface area contributed by atoms with Gasteiger partial charge in [0, 0.05) is 79.3 Å². The van der Waals surface area contributed by atoms with Crippen molar-refractivity contribution < 1.29 is 28.7 Å². The molecule has 0 aliphatic carbocycles. The van der Waals surface area contributed by atoms with Crippen LogP contribution < -0.4 is 15.0 Å². The minimum Gasteiger partial charge on any atom is -0.490 e. The molecule has 1 N–H and O–H groups in total. The number of amides is 5. The Labute approximate surface area is 348 Å². The van der Waals surface area contributed by atoms with Crippen LogP contribution in [0.4, 0.5) is 5.69 Å². The van der Waals surface area contributed by atoms with Crippen LogP contribution in [0.2, 0.25) is 5.02 Å². The summed E-state index contributed by atoms with van der Waals surface area (Å²) < 4.78 is 6.25. The van der Waals surface area contributed by atoms with Gasteiger partial charge in [0.05, 0.1) is 21.7 Å². The van der Waals surface area contributed by atoms with Gasteiger partial charge < -0.3 is 19.4 Å². The van der Waals surface area contributed by atoms with E-state index in [9.17, 15) is 24.0 Å². The number of nitriles is 1. The number of ether oxygens (including phenoxy) is 1. The van der Waals surface area contributed by atoms with E-state index in [1.54, 1.807) is 30.3 Å². The molecule has 0 spiro atoms. The van der Waals surface area contributed by atoms with Gasteiger partial charge >= 0.3 is 0 Å². The summed E-state index contributed by atoms with van der Waals surface area (Å²) in [5, 5.41) is 11.8. The summed E-state index contributed by atoms with van der Waals surface area (Å²) in [6.45, 7) is 3.66. The quantitative estimate of drug-likeness (QED) is 0.250. The van der Waals surface area contributed by atoms with Gasteiger partial charge in [0.25, 0.3) is 17.7 Å². The van der Waals surface area contributed by atoms with Crippen LogP contribution in [0.25, 0.3) is 0 Å². The van der Waals surface area contributed by atoms with Gasteiger partial charge in [-0.05, 0) is 113 Å². The normalized spacial score (nSPS) is 25.0. The second-order valence-corrected chi connectivity index (χ2v) is 17.0. The molecule has 302 valence electrons. The topological polar surface area (TPSA) is 143 Å². The molecule has 6 aliphatic heterocycles. The first-order chi connectivity index (χ1) is 28.6. The van der Waals surface area contributed by atoms with E-state index < -0.39 is 29.7 Å². The number of anilines is 1. The Morgan fingerprint density at radius 2 is 1.49 bits per heavy atom. The molecular formula is C46H45ClN6O6. The van der Waals surface area contributed by atoms with E-state index in [-0.39, 0.29) is 36.9 Å². The average Bonchev–Trinajstić information content (AvgIpc) is 3.66. The van der Waals surface area contributed by atoms with Gasteiger partial charge in [0.15, 0.2) is 0 Å². The number of piperidine rings is 4. The van der Waals surface area contributed by atoms with Crippen LogP contribution in [0.5, 0.6) is 5.75 Å². The summed E-state index contributed by atoms with van der Waals surface area (Å²) >= 11 is 6.22. The Bertz CT molecular complexity index is 2300. The number of nitrogens with one attached hydrogen (secondary N) is 1. The lowest BCUT2D eigenvalue weighted by atomic mass is 9.93. The van der Waals surface area contributed by atoms with Crippen LogP contribution in [0, 0.1) is 29.1 Å². The molecule has 2 bridgehead atoms. The maximum atomic E-state index is 13.7. The molecule has 6 heterocycles. The van der Waals surface area contributed by atoms with Crippen molar-refractivity contribution >= 4 is 46.8 Å². The number of carbonyl (C=O) groups excluding carboxylic acids is 5. The zero-order valence-corrected chi connectivity index (χ0v) is 33.5. The molecule has 5 fully saturated rings. The first kappa shape index (κ1) is 38.8. The van der Waals surface area contributed by atoms with Gasteiger partial charge in [0.1, 0.15) is 24.0 Å². The Hall–Kier alpha value is -5.69. The summed E-state index contributed by atoms with van der Waals surface area (Å²) in [5.41, 5.74) is 3.52. The molecule has 13 heteroatoms. The monoisotopic (exact) mass is 812 g/mol. The molecule has 4 atom stereocenters. The lowest BCUT2D eigenvalue weighted by Crippen LogP contribution is -2.54. The molecule has 3 aromatic carbocycles. The third-order valence-electron chi connectivity index (χ3n) is 13.1. The number of nitrogens with zero attached hydrogens (tertiary/aromatic N) is 5. The predicted octanol–water partition coefficient (Wildman–Crippen LogP) is 5.56. The Kier molecular flexibility index (Phi) is 10.6.